The van der Waals surface area contributed by atoms with Crippen LogP contribution in [0.15, 0.2) is 48.5 Å². The van der Waals surface area contributed by atoms with E-state index in [0.29, 0.717) is 47.9 Å². The molecule has 168 valence electrons. The molecular formula is C25H20F6O. The van der Waals surface area contributed by atoms with Gasteiger partial charge in [-0.1, -0.05) is 43.3 Å². The highest BCUT2D eigenvalue weighted by molar-refractivity contribution is 5.67. The maximum Gasteiger partial charge on any atom is 0.573 e. The molecule has 0 aromatic heterocycles. The minimum absolute atomic E-state index is 0.257. The van der Waals surface area contributed by atoms with Crippen LogP contribution >= 0.6 is 0 Å². The third kappa shape index (κ3) is 4.33. The molecule has 7 heteroatoms. The lowest BCUT2D eigenvalue weighted by molar-refractivity contribution is -0.274. The predicted molar refractivity (Wildman–Crippen MR) is 109 cm³/mol. The van der Waals surface area contributed by atoms with Crippen molar-refractivity contribution in [2.24, 2.45) is 0 Å². The van der Waals surface area contributed by atoms with Crippen molar-refractivity contribution in [3.05, 3.63) is 88.2 Å². The van der Waals surface area contributed by atoms with E-state index in [1.165, 1.54) is 12.1 Å². The molecule has 0 fully saturated rings. The van der Waals surface area contributed by atoms with Crippen molar-refractivity contribution in [3.8, 4) is 16.9 Å². The van der Waals surface area contributed by atoms with Crippen LogP contribution in [0, 0.1) is 17.5 Å². The summed E-state index contributed by atoms with van der Waals surface area (Å²) in [6.07, 6.45) is -3.20. The van der Waals surface area contributed by atoms with E-state index < -0.39 is 23.8 Å². The number of halogens is 6. The van der Waals surface area contributed by atoms with E-state index in [4.69, 9.17) is 0 Å². The topological polar surface area (TPSA) is 9.23 Å². The Morgan fingerprint density at radius 2 is 1.59 bits per heavy atom. The van der Waals surface area contributed by atoms with Gasteiger partial charge in [0.05, 0.1) is 0 Å². The van der Waals surface area contributed by atoms with E-state index in [1.807, 2.05) is 0 Å². The molecule has 0 bridgehead atoms. The Labute approximate surface area is 181 Å². The molecule has 0 aliphatic heterocycles. The first-order valence-corrected chi connectivity index (χ1v) is 10.3. The SMILES string of the molecule is CCc1ccc(C2CCc3c(ccc(-c4ccc(OC(F)(F)F)cc4)c3F)C2)c(F)c1F. The minimum atomic E-state index is -4.80. The number of hydrogen-bond donors (Lipinski definition) is 0. The third-order valence-electron chi connectivity index (χ3n) is 5.96. The molecular weight excluding hydrogens is 430 g/mol. The zero-order chi connectivity index (χ0) is 23.0. The monoisotopic (exact) mass is 450 g/mol. The molecule has 0 saturated carbocycles. The van der Waals surface area contributed by atoms with Crippen LogP contribution in [0.2, 0.25) is 0 Å². The maximum absolute atomic E-state index is 15.2. The van der Waals surface area contributed by atoms with Gasteiger partial charge in [0, 0.05) is 5.56 Å². The first kappa shape index (κ1) is 22.2. The summed E-state index contributed by atoms with van der Waals surface area (Å²) in [4.78, 5) is 0. The molecule has 4 rings (SSSR count). The quantitative estimate of drug-likeness (QED) is 0.374. The number of fused-ring (bicyclic) bond motifs is 1. The van der Waals surface area contributed by atoms with E-state index in [1.54, 1.807) is 31.2 Å². The summed E-state index contributed by atoms with van der Waals surface area (Å²) in [5.41, 5.74) is 2.54. The van der Waals surface area contributed by atoms with Crippen molar-refractivity contribution in [1.82, 2.24) is 0 Å². The van der Waals surface area contributed by atoms with Crippen molar-refractivity contribution in [2.45, 2.75) is 44.9 Å². The van der Waals surface area contributed by atoms with E-state index in [0.717, 1.165) is 17.7 Å². The molecule has 32 heavy (non-hydrogen) atoms. The standard InChI is InChI=1S/C25H20F6O/c1-2-14-5-10-21(24(28)22(14)26)17-7-12-20-16(13-17)6-11-19(23(20)27)15-3-8-18(9-4-15)32-25(29,30)31/h3-6,8-11,17H,2,7,12-13H2,1H3. The number of ether oxygens (including phenoxy) is 1. The molecule has 0 saturated heterocycles. The van der Waals surface area contributed by atoms with Gasteiger partial charge in [-0.2, -0.15) is 0 Å². The molecule has 1 nitrogen and oxygen atoms in total. The van der Waals surface area contributed by atoms with Crippen LogP contribution in [-0.2, 0) is 19.3 Å². The lowest BCUT2D eigenvalue weighted by Crippen LogP contribution is -2.17. The summed E-state index contributed by atoms with van der Waals surface area (Å²) in [6, 6.07) is 11.5. The first-order chi connectivity index (χ1) is 15.2. The summed E-state index contributed by atoms with van der Waals surface area (Å²) in [5, 5.41) is 0. The third-order valence-corrected chi connectivity index (χ3v) is 5.96. The molecule has 1 aliphatic carbocycles. The van der Waals surface area contributed by atoms with Crippen molar-refractivity contribution in [3.63, 3.8) is 0 Å². The van der Waals surface area contributed by atoms with E-state index in [-0.39, 0.29) is 17.2 Å². The second kappa shape index (κ2) is 8.52. The van der Waals surface area contributed by atoms with Crippen LogP contribution in [0.1, 0.15) is 41.5 Å². The predicted octanol–water partition coefficient (Wildman–Crippen LogP) is 7.50. The Kier molecular flexibility index (Phi) is 5.93. The zero-order valence-corrected chi connectivity index (χ0v) is 17.2. The van der Waals surface area contributed by atoms with Crippen LogP contribution in [-0.4, -0.2) is 6.36 Å². The van der Waals surface area contributed by atoms with Crippen LogP contribution in [0.5, 0.6) is 5.75 Å². The average molecular weight is 450 g/mol. The Bertz CT molecular complexity index is 1130. The number of aryl methyl sites for hydroxylation is 1. The molecule has 0 spiro atoms. The Morgan fingerprint density at radius 1 is 0.875 bits per heavy atom. The molecule has 3 aromatic carbocycles. The van der Waals surface area contributed by atoms with Crippen molar-refractivity contribution >= 4 is 0 Å². The van der Waals surface area contributed by atoms with E-state index >= 15 is 4.39 Å². The molecule has 0 radical (unpaired) electrons. The molecule has 0 heterocycles. The second-order valence-electron chi connectivity index (χ2n) is 7.87. The highest BCUT2D eigenvalue weighted by atomic mass is 19.4. The zero-order valence-electron chi connectivity index (χ0n) is 17.2. The van der Waals surface area contributed by atoms with Crippen molar-refractivity contribution in [1.29, 1.82) is 0 Å². The van der Waals surface area contributed by atoms with Gasteiger partial charge in [-0.15, -0.1) is 13.2 Å². The molecule has 1 unspecified atom stereocenters. The summed E-state index contributed by atoms with van der Waals surface area (Å²) >= 11 is 0. The fourth-order valence-corrected chi connectivity index (χ4v) is 4.33. The lowest BCUT2D eigenvalue weighted by atomic mass is 9.78. The average Bonchev–Trinajstić information content (AvgIpc) is 2.75. The fourth-order valence-electron chi connectivity index (χ4n) is 4.33. The molecule has 0 amide bonds. The normalized spacial score (nSPS) is 16.0. The first-order valence-electron chi connectivity index (χ1n) is 10.3. The molecule has 1 aliphatic rings. The van der Waals surface area contributed by atoms with Crippen LogP contribution in [0.4, 0.5) is 26.3 Å². The van der Waals surface area contributed by atoms with Gasteiger partial charge >= 0.3 is 6.36 Å². The summed E-state index contributed by atoms with van der Waals surface area (Å²) < 4.78 is 84.9. The number of alkyl halides is 3. The summed E-state index contributed by atoms with van der Waals surface area (Å²) in [5.74, 6) is -2.75. The largest absolute Gasteiger partial charge is 0.573 e. The van der Waals surface area contributed by atoms with E-state index in [2.05, 4.69) is 4.74 Å². The highest BCUT2D eigenvalue weighted by Crippen LogP contribution is 2.38. The van der Waals surface area contributed by atoms with Gasteiger partial charge in [0.2, 0.25) is 0 Å². The molecule has 1 atom stereocenters. The Hall–Kier alpha value is -2.96. The Balaban J connectivity index is 1.59. The molecule has 0 N–H and O–H groups in total. The lowest BCUT2D eigenvalue weighted by Gasteiger charge is -2.27. The highest BCUT2D eigenvalue weighted by Gasteiger charge is 2.31. The Morgan fingerprint density at radius 3 is 2.25 bits per heavy atom. The van der Waals surface area contributed by atoms with Crippen LogP contribution in [0.3, 0.4) is 0 Å². The van der Waals surface area contributed by atoms with Gasteiger partial charge < -0.3 is 4.74 Å². The van der Waals surface area contributed by atoms with Crippen LogP contribution < -0.4 is 4.74 Å². The van der Waals surface area contributed by atoms with Crippen molar-refractivity contribution < 1.29 is 31.1 Å². The second-order valence-corrected chi connectivity index (χ2v) is 7.87. The number of benzene rings is 3. The summed E-state index contributed by atoms with van der Waals surface area (Å²) in [7, 11) is 0. The van der Waals surface area contributed by atoms with Gasteiger partial charge in [-0.3, -0.25) is 0 Å². The van der Waals surface area contributed by atoms with E-state index in [9.17, 15) is 22.0 Å². The molecule has 3 aromatic rings. The van der Waals surface area contributed by atoms with Gasteiger partial charge in [0.25, 0.3) is 0 Å². The minimum Gasteiger partial charge on any atom is -0.406 e. The smallest absolute Gasteiger partial charge is 0.406 e. The summed E-state index contributed by atoms with van der Waals surface area (Å²) in [6.45, 7) is 1.76. The van der Waals surface area contributed by atoms with Gasteiger partial charge in [-0.25, -0.2) is 13.2 Å². The number of rotatable bonds is 4. The van der Waals surface area contributed by atoms with Gasteiger partial charge in [0.1, 0.15) is 11.6 Å². The van der Waals surface area contributed by atoms with Crippen molar-refractivity contribution in [2.75, 3.05) is 0 Å². The van der Waals surface area contributed by atoms with Crippen LogP contribution in [0.25, 0.3) is 11.1 Å². The maximum atomic E-state index is 15.2. The number of hydrogen-bond acceptors (Lipinski definition) is 1. The fraction of sp³-hybridized carbons (Fsp3) is 0.280. The van der Waals surface area contributed by atoms with Gasteiger partial charge in [-0.05, 0) is 71.6 Å². The van der Waals surface area contributed by atoms with Gasteiger partial charge in [0.15, 0.2) is 11.6 Å².